The van der Waals surface area contributed by atoms with Gasteiger partial charge in [0.1, 0.15) is 11.5 Å². The van der Waals surface area contributed by atoms with Gasteiger partial charge in [0.05, 0.1) is 19.2 Å². The van der Waals surface area contributed by atoms with Crippen molar-refractivity contribution in [3.05, 3.63) is 59.7 Å². The summed E-state index contributed by atoms with van der Waals surface area (Å²) in [6.45, 7) is -1.44. The molecule has 0 aliphatic rings. The number of alkyl halides is 3. The van der Waals surface area contributed by atoms with E-state index in [1.54, 1.807) is 36.4 Å². The Morgan fingerprint density at radius 2 is 1.68 bits per heavy atom. The lowest BCUT2D eigenvalue weighted by atomic mass is 10.2. The number of nitrogens with one attached hydrogen (secondary N) is 2. The van der Waals surface area contributed by atoms with Crippen molar-refractivity contribution in [3.63, 3.8) is 0 Å². The first-order valence-corrected chi connectivity index (χ1v) is 8.25. The Labute approximate surface area is 159 Å². The quantitative estimate of drug-likeness (QED) is 0.719. The van der Waals surface area contributed by atoms with Gasteiger partial charge in [-0.3, -0.25) is 9.59 Å². The Balaban J connectivity index is 1.77. The fraction of sp³-hybridized carbons (Fsp3) is 0.263. The number of methoxy groups -OCH3 is 1. The van der Waals surface area contributed by atoms with Crippen LogP contribution < -0.4 is 20.1 Å². The van der Waals surface area contributed by atoms with E-state index in [4.69, 9.17) is 4.74 Å². The van der Waals surface area contributed by atoms with Crippen LogP contribution in [-0.4, -0.2) is 38.3 Å². The zero-order valence-electron chi connectivity index (χ0n) is 15.0. The molecular formula is C19H19F3N2O4. The highest BCUT2D eigenvalue weighted by atomic mass is 19.4. The van der Waals surface area contributed by atoms with Gasteiger partial charge in [-0.05, 0) is 29.8 Å². The summed E-state index contributed by atoms with van der Waals surface area (Å²) in [6.07, 6.45) is -4.40. The fourth-order valence-corrected chi connectivity index (χ4v) is 2.22. The van der Waals surface area contributed by atoms with E-state index in [1.807, 2.05) is 0 Å². The minimum atomic E-state index is -4.40. The molecule has 0 atom stereocenters. The lowest BCUT2D eigenvalue weighted by Crippen LogP contribution is -2.36. The number of hydrogen-bond acceptors (Lipinski definition) is 4. The standard InChI is InChI=1S/C19H19F3N2O4/c1-27-16-5-3-2-4-15(16)18(26)24-11-17(25)23-10-13-6-8-14(9-7-13)28-12-19(20,21)22/h2-9H,10-12H2,1H3,(H,23,25)(H,24,26). The Morgan fingerprint density at radius 1 is 1.00 bits per heavy atom. The maximum absolute atomic E-state index is 12.1. The summed E-state index contributed by atoms with van der Waals surface area (Å²) >= 11 is 0. The van der Waals surface area contributed by atoms with Gasteiger partial charge in [-0.15, -0.1) is 0 Å². The molecule has 0 aromatic heterocycles. The number of carbonyl (C=O) groups excluding carboxylic acids is 2. The molecule has 0 aliphatic heterocycles. The van der Waals surface area contributed by atoms with Crippen LogP contribution in [0.25, 0.3) is 0 Å². The van der Waals surface area contributed by atoms with Gasteiger partial charge >= 0.3 is 6.18 Å². The summed E-state index contributed by atoms with van der Waals surface area (Å²) in [6, 6.07) is 12.5. The lowest BCUT2D eigenvalue weighted by Gasteiger charge is -2.11. The van der Waals surface area contributed by atoms with E-state index in [9.17, 15) is 22.8 Å². The van der Waals surface area contributed by atoms with Crippen molar-refractivity contribution in [1.29, 1.82) is 0 Å². The third-order valence-electron chi connectivity index (χ3n) is 3.58. The second-order valence-corrected chi connectivity index (χ2v) is 5.71. The number of benzene rings is 2. The van der Waals surface area contributed by atoms with E-state index in [0.29, 0.717) is 16.9 Å². The topological polar surface area (TPSA) is 76.7 Å². The number of rotatable bonds is 8. The number of carbonyl (C=O) groups is 2. The molecule has 2 amide bonds. The molecule has 0 aliphatic carbocycles. The van der Waals surface area contributed by atoms with Crippen LogP contribution in [0.5, 0.6) is 11.5 Å². The molecule has 2 N–H and O–H groups in total. The lowest BCUT2D eigenvalue weighted by molar-refractivity contribution is -0.153. The van der Waals surface area contributed by atoms with Gasteiger partial charge in [0.15, 0.2) is 6.61 Å². The highest BCUT2D eigenvalue weighted by Gasteiger charge is 2.28. The molecule has 0 fully saturated rings. The Bertz CT molecular complexity index is 808. The molecule has 6 nitrogen and oxygen atoms in total. The average Bonchev–Trinajstić information content (AvgIpc) is 2.69. The molecule has 2 aromatic carbocycles. The van der Waals surface area contributed by atoms with Crippen molar-refractivity contribution in [3.8, 4) is 11.5 Å². The van der Waals surface area contributed by atoms with Gasteiger partial charge in [-0.1, -0.05) is 24.3 Å². The van der Waals surface area contributed by atoms with Crippen LogP contribution in [0.3, 0.4) is 0 Å². The molecule has 0 spiro atoms. The number of halogens is 3. The van der Waals surface area contributed by atoms with Gasteiger partial charge in [0.25, 0.3) is 5.91 Å². The van der Waals surface area contributed by atoms with Gasteiger partial charge in [0, 0.05) is 6.54 Å². The minimum absolute atomic E-state index is 0.0801. The first kappa shape index (κ1) is 21.1. The van der Waals surface area contributed by atoms with Crippen molar-refractivity contribution in [2.24, 2.45) is 0 Å². The molecule has 0 unspecified atom stereocenters. The van der Waals surface area contributed by atoms with E-state index in [0.717, 1.165) is 0 Å². The van der Waals surface area contributed by atoms with Gasteiger partial charge in [0.2, 0.25) is 5.91 Å². The molecular weight excluding hydrogens is 377 g/mol. The molecule has 2 rings (SSSR count). The van der Waals surface area contributed by atoms with Gasteiger partial charge < -0.3 is 20.1 Å². The summed E-state index contributed by atoms with van der Waals surface area (Å²) in [5.74, 6) is -0.385. The average molecular weight is 396 g/mol. The van der Waals surface area contributed by atoms with Gasteiger partial charge in [-0.25, -0.2) is 0 Å². The van der Waals surface area contributed by atoms with E-state index >= 15 is 0 Å². The van der Waals surface area contributed by atoms with Crippen molar-refractivity contribution < 1.29 is 32.2 Å². The summed E-state index contributed by atoms with van der Waals surface area (Å²) < 4.78 is 46.0. The SMILES string of the molecule is COc1ccccc1C(=O)NCC(=O)NCc1ccc(OCC(F)(F)F)cc1. The maximum atomic E-state index is 12.1. The summed E-state index contributed by atoms with van der Waals surface area (Å²) in [7, 11) is 1.44. The van der Waals surface area contributed by atoms with E-state index in [-0.39, 0.29) is 18.8 Å². The van der Waals surface area contributed by atoms with Crippen molar-refractivity contribution in [2.45, 2.75) is 12.7 Å². The molecule has 0 radical (unpaired) electrons. The Morgan fingerprint density at radius 3 is 2.32 bits per heavy atom. The molecule has 150 valence electrons. The molecule has 9 heteroatoms. The normalized spacial score (nSPS) is 10.9. The van der Waals surface area contributed by atoms with Crippen LogP contribution in [0.15, 0.2) is 48.5 Å². The van der Waals surface area contributed by atoms with Crippen LogP contribution in [-0.2, 0) is 11.3 Å². The van der Waals surface area contributed by atoms with Crippen molar-refractivity contribution in [2.75, 3.05) is 20.3 Å². The molecule has 0 saturated heterocycles. The van der Waals surface area contributed by atoms with Crippen LogP contribution in [0.4, 0.5) is 13.2 Å². The third kappa shape index (κ3) is 6.82. The number of hydrogen-bond donors (Lipinski definition) is 2. The van der Waals surface area contributed by atoms with Crippen LogP contribution >= 0.6 is 0 Å². The monoisotopic (exact) mass is 396 g/mol. The van der Waals surface area contributed by atoms with E-state index in [2.05, 4.69) is 15.4 Å². The molecule has 0 bridgehead atoms. The number of ether oxygens (including phenoxy) is 2. The third-order valence-corrected chi connectivity index (χ3v) is 3.58. The van der Waals surface area contributed by atoms with Gasteiger partial charge in [-0.2, -0.15) is 13.2 Å². The second kappa shape index (κ2) is 9.63. The van der Waals surface area contributed by atoms with Crippen LogP contribution in [0, 0.1) is 0 Å². The summed E-state index contributed by atoms with van der Waals surface area (Å²) in [5.41, 5.74) is 0.982. The molecule has 2 aromatic rings. The smallest absolute Gasteiger partial charge is 0.422 e. The Kier molecular flexibility index (Phi) is 7.25. The van der Waals surface area contributed by atoms with Crippen molar-refractivity contribution >= 4 is 11.8 Å². The van der Waals surface area contributed by atoms with E-state index < -0.39 is 24.6 Å². The largest absolute Gasteiger partial charge is 0.496 e. The first-order valence-electron chi connectivity index (χ1n) is 8.25. The summed E-state index contributed by atoms with van der Waals surface area (Å²) in [5, 5.41) is 5.10. The fourth-order valence-electron chi connectivity index (χ4n) is 2.22. The minimum Gasteiger partial charge on any atom is -0.496 e. The van der Waals surface area contributed by atoms with Crippen LogP contribution in [0.2, 0.25) is 0 Å². The molecule has 0 heterocycles. The highest BCUT2D eigenvalue weighted by molar-refractivity contribution is 5.98. The Hall–Kier alpha value is -3.23. The second-order valence-electron chi connectivity index (χ2n) is 5.71. The highest BCUT2D eigenvalue weighted by Crippen LogP contribution is 2.19. The van der Waals surface area contributed by atoms with Crippen LogP contribution in [0.1, 0.15) is 15.9 Å². The number of para-hydroxylation sites is 1. The predicted octanol–water partition coefficient (Wildman–Crippen LogP) is 2.68. The van der Waals surface area contributed by atoms with Crippen molar-refractivity contribution in [1.82, 2.24) is 10.6 Å². The molecule has 28 heavy (non-hydrogen) atoms. The predicted molar refractivity (Wildman–Crippen MR) is 95.2 cm³/mol. The molecule has 0 saturated carbocycles. The first-order chi connectivity index (χ1) is 13.3. The maximum Gasteiger partial charge on any atom is 0.422 e. The summed E-state index contributed by atoms with van der Waals surface area (Å²) in [4.78, 5) is 24.0. The van der Waals surface area contributed by atoms with E-state index in [1.165, 1.54) is 19.2 Å². The zero-order chi connectivity index (χ0) is 20.6. The zero-order valence-corrected chi connectivity index (χ0v) is 15.0. The number of amides is 2.